The maximum absolute atomic E-state index is 14.0. The Morgan fingerprint density at radius 1 is 0.424 bits per heavy atom. The van der Waals surface area contributed by atoms with Crippen LogP contribution in [-0.4, -0.2) is 231 Å². The second-order valence-electron chi connectivity index (χ2n) is 25.8. The van der Waals surface area contributed by atoms with E-state index in [-0.39, 0.29) is 100 Å². The topological polar surface area (TPSA) is 417 Å². The standard InChI is InChI=1S/C64H119N4O23P/c1-43(2)92(83,84)88-39-22-14-10-18-33-65-51(73)25-23-26-54(76)68-64(30-27-47(72)24-15-7-6-11-19-36-85-61-44(3)55(77)58(80)48(40-69)89-61,31-28-52(74)66-34-16-8-12-20-37-86-62-45(4)56(78)59(81)49(41-70)90-62)32-29-53(75)67-35-17-9-13-21-38-87-63-46(5)57(79)60(82)50(42-71)91-63/h43-46,48-50,55-63,69-71,77-82H,6-42H2,1-5H3,(H,65,73)(H,66,74)(H,67,75)(H,68,76)(H,83,84)/t44-,45-,46-,48?,49?,50?,55?,56?,57?,58-,59-,60-,61+,62+,63+,64?/m0/s1. The number of nitrogens with one attached hydrogen (secondary N) is 4. The van der Waals surface area contributed by atoms with Crippen molar-refractivity contribution in [2.75, 3.05) is 65.9 Å². The number of aliphatic hydroxyl groups is 9. The molecule has 0 aromatic heterocycles. The maximum atomic E-state index is 14.0. The first-order valence-corrected chi connectivity index (χ1v) is 35.9. The number of hydrogen-bond donors (Lipinski definition) is 14. The summed E-state index contributed by atoms with van der Waals surface area (Å²) in [6.07, 6.45) is 1.00. The monoisotopic (exact) mass is 1340 g/mol. The van der Waals surface area contributed by atoms with Gasteiger partial charge in [-0.15, -0.1) is 0 Å². The van der Waals surface area contributed by atoms with Crippen LogP contribution in [0.15, 0.2) is 0 Å². The minimum atomic E-state index is -3.62. The van der Waals surface area contributed by atoms with E-state index in [4.69, 9.17) is 32.9 Å². The van der Waals surface area contributed by atoms with Gasteiger partial charge in [0.05, 0.1) is 50.4 Å². The largest absolute Gasteiger partial charge is 0.394 e. The van der Waals surface area contributed by atoms with Gasteiger partial charge in [0.1, 0.15) is 42.4 Å². The molecule has 7 unspecified atom stereocenters. The molecule has 92 heavy (non-hydrogen) atoms. The van der Waals surface area contributed by atoms with E-state index in [0.717, 1.165) is 57.8 Å². The number of carbonyl (C=O) groups excluding carboxylic acids is 5. The van der Waals surface area contributed by atoms with Gasteiger partial charge in [-0.3, -0.25) is 28.5 Å². The van der Waals surface area contributed by atoms with Gasteiger partial charge in [0.15, 0.2) is 18.9 Å². The Morgan fingerprint density at radius 2 is 0.750 bits per heavy atom. The quantitative estimate of drug-likeness (QED) is 0.0307. The lowest BCUT2D eigenvalue weighted by molar-refractivity contribution is -0.282. The van der Waals surface area contributed by atoms with Crippen molar-refractivity contribution in [3.8, 4) is 0 Å². The molecule has 3 heterocycles. The first-order valence-electron chi connectivity index (χ1n) is 34.2. The molecule has 0 saturated carbocycles. The van der Waals surface area contributed by atoms with Crippen LogP contribution in [0.3, 0.4) is 0 Å². The smallest absolute Gasteiger partial charge is 0.330 e. The number of hydrogen-bond acceptors (Lipinski definition) is 22. The van der Waals surface area contributed by atoms with Crippen molar-refractivity contribution in [1.82, 2.24) is 21.3 Å². The molecule has 0 aromatic carbocycles. The molecule has 3 saturated heterocycles. The summed E-state index contributed by atoms with van der Waals surface area (Å²) in [5.74, 6) is -2.70. The van der Waals surface area contributed by atoms with Crippen LogP contribution < -0.4 is 21.3 Å². The summed E-state index contributed by atoms with van der Waals surface area (Å²) >= 11 is 0. The predicted molar refractivity (Wildman–Crippen MR) is 339 cm³/mol. The molecule has 3 aliphatic rings. The van der Waals surface area contributed by atoms with Gasteiger partial charge in [0, 0.05) is 101 Å². The third kappa shape index (κ3) is 31.5. The highest BCUT2D eigenvalue weighted by atomic mass is 31.2. The van der Waals surface area contributed by atoms with Crippen LogP contribution in [-0.2, 0) is 61.5 Å². The van der Waals surface area contributed by atoms with E-state index in [1.807, 2.05) is 0 Å². The zero-order chi connectivity index (χ0) is 68.1. The first-order chi connectivity index (χ1) is 43.9. The average Bonchev–Trinajstić information content (AvgIpc) is 1.03. The van der Waals surface area contributed by atoms with Crippen molar-refractivity contribution < 1.29 is 112 Å². The Kier molecular flexibility index (Phi) is 42.0. The van der Waals surface area contributed by atoms with Gasteiger partial charge >= 0.3 is 7.60 Å². The van der Waals surface area contributed by atoms with Crippen LogP contribution in [0.1, 0.15) is 208 Å². The summed E-state index contributed by atoms with van der Waals surface area (Å²) in [6, 6.07) is 0. The van der Waals surface area contributed by atoms with Gasteiger partial charge < -0.3 is 105 Å². The fourth-order valence-electron chi connectivity index (χ4n) is 11.4. The molecule has 0 aliphatic carbocycles. The van der Waals surface area contributed by atoms with Gasteiger partial charge in [-0.2, -0.15) is 0 Å². The Bertz CT molecular complexity index is 1930. The third-order valence-electron chi connectivity index (χ3n) is 17.9. The fraction of sp³-hybridized carbons (Fsp3) is 0.922. The summed E-state index contributed by atoms with van der Waals surface area (Å²) in [7, 11) is -3.62. The molecule has 0 radical (unpaired) electrons. The highest BCUT2D eigenvalue weighted by Gasteiger charge is 2.45. The Balaban J connectivity index is 1.61. The molecule has 3 fully saturated rings. The first kappa shape index (κ1) is 83.3. The second-order valence-corrected chi connectivity index (χ2v) is 28.3. The van der Waals surface area contributed by atoms with Crippen LogP contribution in [0, 0.1) is 17.8 Å². The van der Waals surface area contributed by atoms with Gasteiger partial charge in [0.2, 0.25) is 23.6 Å². The highest BCUT2D eigenvalue weighted by molar-refractivity contribution is 7.53. The highest BCUT2D eigenvalue weighted by Crippen LogP contribution is 2.47. The lowest BCUT2D eigenvalue weighted by Crippen LogP contribution is -2.55. The number of ketones is 1. The fourth-order valence-corrected chi connectivity index (χ4v) is 12.0. The van der Waals surface area contributed by atoms with Gasteiger partial charge in [-0.05, 0) is 77.0 Å². The second kappa shape index (κ2) is 46.3. The molecule has 4 amide bonds. The summed E-state index contributed by atoms with van der Waals surface area (Å²) in [5, 5.41) is 102. The molecule has 0 bridgehead atoms. The third-order valence-corrected chi connectivity index (χ3v) is 19.7. The zero-order valence-electron chi connectivity index (χ0n) is 55.6. The molecule has 27 nitrogen and oxygen atoms in total. The van der Waals surface area contributed by atoms with Crippen molar-refractivity contribution in [3.05, 3.63) is 0 Å². The molecular weight excluding hydrogens is 1220 g/mol. The Morgan fingerprint density at radius 3 is 1.13 bits per heavy atom. The predicted octanol–water partition coefficient (Wildman–Crippen LogP) is 3.18. The van der Waals surface area contributed by atoms with E-state index < -0.39 is 130 Å². The van der Waals surface area contributed by atoms with Gasteiger partial charge in [-0.25, -0.2) is 0 Å². The molecule has 538 valence electrons. The van der Waals surface area contributed by atoms with E-state index in [1.54, 1.807) is 34.6 Å². The minimum Gasteiger partial charge on any atom is -0.394 e. The number of Topliss-reactive ketones (excluding diaryl/α,β-unsaturated/α-hetero) is 1. The normalized spacial score (nSPS) is 28.1. The molecule has 0 aromatic rings. The van der Waals surface area contributed by atoms with E-state index in [2.05, 4.69) is 21.3 Å². The van der Waals surface area contributed by atoms with Crippen molar-refractivity contribution in [1.29, 1.82) is 0 Å². The van der Waals surface area contributed by atoms with Crippen LogP contribution in [0.2, 0.25) is 0 Å². The lowest BCUT2D eigenvalue weighted by Gasteiger charge is -2.40. The lowest BCUT2D eigenvalue weighted by atomic mass is 9.82. The number of rotatable bonds is 51. The number of ether oxygens (including phenoxy) is 6. The van der Waals surface area contributed by atoms with Crippen LogP contribution in [0.4, 0.5) is 0 Å². The molecule has 14 N–H and O–H groups in total. The number of carbonyl (C=O) groups is 5. The number of amides is 4. The Labute approximate surface area is 545 Å². The Hall–Kier alpha value is -2.90. The van der Waals surface area contributed by atoms with E-state index in [0.29, 0.717) is 90.8 Å². The SMILES string of the molecule is CC(C)P(=O)(O)OCCCCCCNC(=O)CCCC(=O)NC(CCC(=O)CCCCCCCO[C@@H]1OC(CO)[C@H](O)C(O)[C@@H]1C)(CCC(=O)NCCCCCCO[C@@H]1OC(CO)[C@H](O)C(O)[C@@H]1C)CCC(=O)NCCCCCCO[C@@H]1OC(CO)[C@H](O)C(O)[C@@H]1C. The van der Waals surface area contributed by atoms with Gasteiger partial charge in [-0.1, -0.05) is 92.4 Å². The van der Waals surface area contributed by atoms with Crippen LogP contribution >= 0.6 is 7.60 Å². The van der Waals surface area contributed by atoms with Crippen molar-refractivity contribution in [2.24, 2.45) is 17.8 Å². The molecule has 3 rings (SSSR count). The molecule has 3 aliphatic heterocycles. The van der Waals surface area contributed by atoms with Crippen LogP contribution in [0.5, 0.6) is 0 Å². The average molecular weight is 1340 g/mol. The number of unbranched alkanes of at least 4 members (excludes halogenated alkanes) is 13. The summed E-state index contributed by atoms with van der Waals surface area (Å²) < 4.78 is 51.7. The zero-order valence-corrected chi connectivity index (χ0v) is 56.5. The van der Waals surface area contributed by atoms with Gasteiger partial charge in [0.25, 0.3) is 0 Å². The number of aliphatic hydroxyl groups excluding tert-OH is 9. The summed E-state index contributed by atoms with van der Waals surface area (Å²) in [6.45, 7) is 9.31. The summed E-state index contributed by atoms with van der Waals surface area (Å²) in [4.78, 5) is 77.6. The maximum Gasteiger partial charge on any atom is 0.330 e. The van der Waals surface area contributed by atoms with E-state index >= 15 is 0 Å². The molecular formula is C64H119N4O23P. The molecule has 0 spiro atoms. The van der Waals surface area contributed by atoms with E-state index in [1.165, 1.54) is 0 Å². The minimum absolute atomic E-state index is 0.0192. The molecule has 28 heteroatoms. The van der Waals surface area contributed by atoms with Crippen molar-refractivity contribution >= 4 is 37.0 Å². The van der Waals surface area contributed by atoms with Crippen molar-refractivity contribution in [2.45, 2.75) is 293 Å². The van der Waals surface area contributed by atoms with Crippen molar-refractivity contribution in [3.63, 3.8) is 0 Å². The summed E-state index contributed by atoms with van der Waals surface area (Å²) in [5.41, 5.74) is -1.64. The van der Waals surface area contributed by atoms with Crippen LogP contribution in [0.25, 0.3) is 0 Å². The van der Waals surface area contributed by atoms with E-state index in [9.17, 15) is 79.4 Å². The molecule has 16 atom stereocenters.